The molecule has 0 heterocycles. The van der Waals surface area contributed by atoms with Crippen molar-refractivity contribution in [2.24, 2.45) is 5.73 Å². The molecule has 1 amide bonds. The highest BCUT2D eigenvalue weighted by molar-refractivity contribution is 6.76. The van der Waals surface area contributed by atoms with Crippen molar-refractivity contribution in [3.8, 4) is 0 Å². The Hall–Kier alpha value is -1.86. The third kappa shape index (κ3) is 10.9. The summed E-state index contributed by atoms with van der Waals surface area (Å²) >= 11 is 0. The van der Waals surface area contributed by atoms with Gasteiger partial charge in [-0.3, -0.25) is 4.79 Å². The van der Waals surface area contributed by atoms with Crippen molar-refractivity contribution < 1.29 is 19.1 Å². The fourth-order valence-electron chi connectivity index (χ4n) is 2.25. The van der Waals surface area contributed by atoms with E-state index in [0.717, 1.165) is 11.6 Å². The molecule has 0 radical (unpaired) electrons. The van der Waals surface area contributed by atoms with Crippen LogP contribution in [0.1, 0.15) is 24.8 Å². The van der Waals surface area contributed by atoms with Crippen molar-refractivity contribution in [1.29, 1.82) is 0 Å². The number of esters is 1. The number of carbonyl (C=O) groups excluding carboxylic acids is 2. The summed E-state index contributed by atoms with van der Waals surface area (Å²) in [6.45, 7) is 7.83. The number of benzene rings is 1. The molecule has 0 saturated carbocycles. The van der Waals surface area contributed by atoms with E-state index in [1.165, 1.54) is 0 Å². The Bertz CT molecular complexity index is 546. The largest absolute Gasteiger partial charge is 0.466 e. The van der Waals surface area contributed by atoms with E-state index in [4.69, 9.17) is 15.2 Å². The van der Waals surface area contributed by atoms with Gasteiger partial charge in [-0.15, -0.1) is 0 Å². The topological polar surface area (TPSA) is 90.6 Å². The Balaban J connectivity index is 2.41. The van der Waals surface area contributed by atoms with Crippen LogP contribution >= 0.6 is 0 Å². The molecule has 1 atom stereocenters. The van der Waals surface area contributed by atoms with Gasteiger partial charge < -0.3 is 20.5 Å². The summed E-state index contributed by atoms with van der Waals surface area (Å²) in [5.74, 6) is -0.298. The van der Waals surface area contributed by atoms with Gasteiger partial charge >= 0.3 is 12.1 Å². The van der Waals surface area contributed by atoms with E-state index in [1.807, 2.05) is 30.3 Å². The second-order valence-electron chi connectivity index (χ2n) is 7.57. The van der Waals surface area contributed by atoms with Gasteiger partial charge in [0.2, 0.25) is 0 Å². The molecule has 1 aromatic rings. The van der Waals surface area contributed by atoms with Crippen LogP contribution in [0.25, 0.3) is 0 Å². The summed E-state index contributed by atoms with van der Waals surface area (Å²) in [6.07, 6.45) is 0.920. The third-order valence-corrected chi connectivity index (χ3v) is 5.52. The lowest BCUT2D eigenvalue weighted by Crippen LogP contribution is -2.37. The number of nitrogens with two attached hydrogens (primary N) is 1. The van der Waals surface area contributed by atoms with Gasteiger partial charge in [-0.05, 0) is 31.0 Å². The molecule has 0 spiro atoms. The van der Waals surface area contributed by atoms with Crippen LogP contribution in [0.3, 0.4) is 0 Å². The summed E-state index contributed by atoms with van der Waals surface area (Å²) < 4.78 is 10.5. The smallest absolute Gasteiger partial charge is 0.407 e. The highest BCUT2D eigenvalue weighted by atomic mass is 28.3. The van der Waals surface area contributed by atoms with E-state index in [-0.39, 0.29) is 25.0 Å². The summed E-state index contributed by atoms with van der Waals surface area (Å²) in [7, 11) is -1.24. The van der Waals surface area contributed by atoms with Gasteiger partial charge in [0, 0.05) is 14.1 Å². The second kappa shape index (κ2) is 11.7. The molecule has 7 heteroatoms. The van der Waals surface area contributed by atoms with Crippen LogP contribution in [0.4, 0.5) is 4.79 Å². The van der Waals surface area contributed by atoms with Crippen LogP contribution in [-0.4, -0.2) is 39.3 Å². The average molecular weight is 381 g/mol. The normalized spacial score (nSPS) is 12.3. The van der Waals surface area contributed by atoms with Crippen LogP contribution < -0.4 is 11.1 Å². The van der Waals surface area contributed by atoms with E-state index in [2.05, 4.69) is 25.0 Å². The maximum Gasteiger partial charge on any atom is 0.407 e. The van der Waals surface area contributed by atoms with Gasteiger partial charge in [0.25, 0.3) is 0 Å². The maximum absolute atomic E-state index is 12.0. The minimum atomic E-state index is -1.24. The van der Waals surface area contributed by atoms with Crippen molar-refractivity contribution in [3.63, 3.8) is 0 Å². The summed E-state index contributed by atoms with van der Waals surface area (Å²) in [5, 5.41) is 2.75. The molecule has 0 bridgehead atoms. The highest BCUT2D eigenvalue weighted by Crippen LogP contribution is 2.10. The van der Waals surface area contributed by atoms with Crippen molar-refractivity contribution in [2.75, 3.05) is 13.2 Å². The van der Waals surface area contributed by atoms with Gasteiger partial charge in [0.05, 0.1) is 13.0 Å². The van der Waals surface area contributed by atoms with Gasteiger partial charge in [-0.1, -0.05) is 50.0 Å². The SMILES string of the molecule is C[Si](C)(C)CCOC(=O)C[C@H](CCCN)NC(=O)OCc1ccccc1. The summed E-state index contributed by atoms with van der Waals surface area (Å²) in [6, 6.07) is 10.0. The van der Waals surface area contributed by atoms with E-state index in [1.54, 1.807) is 0 Å². The molecule has 146 valence electrons. The lowest BCUT2D eigenvalue weighted by Gasteiger charge is -2.19. The predicted molar refractivity (Wildman–Crippen MR) is 106 cm³/mol. The lowest BCUT2D eigenvalue weighted by molar-refractivity contribution is -0.143. The van der Waals surface area contributed by atoms with E-state index >= 15 is 0 Å². The van der Waals surface area contributed by atoms with Gasteiger partial charge in [-0.25, -0.2) is 4.79 Å². The molecule has 0 aliphatic heterocycles. The van der Waals surface area contributed by atoms with Crippen LogP contribution in [0, 0.1) is 0 Å². The first kappa shape index (κ1) is 22.2. The molecule has 0 aromatic heterocycles. The Morgan fingerprint density at radius 2 is 1.85 bits per heavy atom. The molecular weight excluding hydrogens is 348 g/mol. The van der Waals surface area contributed by atoms with Crippen LogP contribution in [0.2, 0.25) is 25.7 Å². The minimum absolute atomic E-state index is 0.131. The zero-order valence-electron chi connectivity index (χ0n) is 16.1. The number of carbonyl (C=O) groups is 2. The van der Waals surface area contributed by atoms with Crippen molar-refractivity contribution in [2.45, 2.75) is 57.6 Å². The molecule has 0 unspecified atom stereocenters. The number of hydrogen-bond acceptors (Lipinski definition) is 5. The Morgan fingerprint density at radius 1 is 1.15 bits per heavy atom. The van der Waals surface area contributed by atoms with Crippen molar-refractivity contribution in [3.05, 3.63) is 35.9 Å². The van der Waals surface area contributed by atoms with Crippen LogP contribution in [0.15, 0.2) is 30.3 Å². The zero-order chi connectivity index (χ0) is 19.4. The zero-order valence-corrected chi connectivity index (χ0v) is 17.1. The number of nitrogens with one attached hydrogen (secondary N) is 1. The molecule has 26 heavy (non-hydrogen) atoms. The van der Waals surface area contributed by atoms with Crippen LogP contribution in [-0.2, 0) is 20.9 Å². The average Bonchev–Trinajstić information content (AvgIpc) is 2.57. The maximum atomic E-state index is 12.0. The van der Waals surface area contributed by atoms with Crippen molar-refractivity contribution >= 4 is 20.1 Å². The Labute approximate surface area is 157 Å². The third-order valence-electron chi connectivity index (χ3n) is 3.82. The molecule has 3 N–H and O–H groups in total. The molecule has 0 aliphatic rings. The van der Waals surface area contributed by atoms with Gasteiger partial charge in [0.15, 0.2) is 0 Å². The van der Waals surface area contributed by atoms with Gasteiger partial charge in [0.1, 0.15) is 6.61 Å². The molecule has 1 aromatic carbocycles. The van der Waals surface area contributed by atoms with Gasteiger partial charge in [-0.2, -0.15) is 0 Å². The van der Waals surface area contributed by atoms with E-state index in [9.17, 15) is 9.59 Å². The molecule has 0 saturated heterocycles. The highest BCUT2D eigenvalue weighted by Gasteiger charge is 2.19. The van der Waals surface area contributed by atoms with Crippen molar-refractivity contribution in [1.82, 2.24) is 5.32 Å². The quantitative estimate of drug-likeness (QED) is 0.454. The molecule has 1 rings (SSSR count). The second-order valence-corrected chi connectivity index (χ2v) is 13.2. The summed E-state index contributed by atoms with van der Waals surface area (Å²) in [4.78, 5) is 24.0. The summed E-state index contributed by atoms with van der Waals surface area (Å²) in [5.41, 5.74) is 6.45. The number of rotatable bonds is 11. The monoisotopic (exact) mass is 380 g/mol. The fourth-order valence-corrected chi connectivity index (χ4v) is 2.97. The van der Waals surface area contributed by atoms with Crippen LogP contribution in [0.5, 0.6) is 0 Å². The predicted octanol–water partition coefficient (Wildman–Crippen LogP) is 3.29. The molecule has 0 aliphatic carbocycles. The Kier molecular flexibility index (Phi) is 9.98. The standard InChI is InChI=1S/C19H32N2O4Si/c1-26(2,3)13-12-24-18(22)14-17(10-7-11-20)21-19(23)25-15-16-8-5-4-6-9-16/h4-6,8-9,17H,7,10-15,20H2,1-3H3,(H,21,23)/t17-/m0/s1. The number of amides is 1. The molecule has 0 fully saturated rings. The van der Waals surface area contributed by atoms with E-state index in [0.29, 0.717) is 26.0 Å². The first-order chi connectivity index (χ1) is 12.3. The minimum Gasteiger partial charge on any atom is -0.466 e. The Morgan fingerprint density at radius 3 is 2.46 bits per heavy atom. The number of alkyl carbamates (subject to hydrolysis) is 1. The van der Waals surface area contributed by atoms with E-state index < -0.39 is 14.2 Å². The fraction of sp³-hybridized carbons (Fsp3) is 0.579. The molecular formula is C19H32N2O4Si. The lowest BCUT2D eigenvalue weighted by atomic mass is 10.1. The number of hydrogen-bond donors (Lipinski definition) is 2. The number of ether oxygens (including phenoxy) is 2. The first-order valence-electron chi connectivity index (χ1n) is 9.13. The molecule has 6 nitrogen and oxygen atoms in total. The first-order valence-corrected chi connectivity index (χ1v) is 12.8.